The largest absolute Gasteiger partial charge is 0.340 e. The Labute approximate surface area is 137 Å². The van der Waals surface area contributed by atoms with Crippen molar-refractivity contribution in [1.82, 2.24) is 5.32 Å². The van der Waals surface area contributed by atoms with Crippen molar-refractivity contribution in [3.8, 4) is 6.07 Å². The molecule has 0 fully saturated rings. The van der Waals surface area contributed by atoms with E-state index in [4.69, 9.17) is 5.26 Å². The number of hydrogen-bond donors (Lipinski definition) is 1. The number of anilines is 2. The van der Waals surface area contributed by atoms with E-state index >= 15 is 0 Å². The highest BCUT2D eigenvalue weighted by atomic mass is 32.2. The molecule has 0 radical (unpaired) electrons. The molecule has 1 heterocycles. The Morgan fingerprint density at radius 2 is 1.77 bits per heavy atom. The van der Waals surface area contributed by atoms with Crippen LogP contribution in [0.1, 0.15) is 18.9 Å². The number of benzene rings is 2. The van der Waals surface area contributed by atoms with Crippen molar-refractivity contribution < 1.29 is 0 Å². The van der Waals surface area contributed by atoms with Crippen LogP contribution in [0.2, 0.25) is 0 Å². The predicted molar refractivity (Wildman–Crippen MR) is 94.0 cm³/mol. The zero-order valence-electron chi connectivity index (χ0n) is 13.3. The number of nitriles is 1. The second-order valence-corrected chi connectivity index (χ2v) is 6.10. The highest BCUT2D eigenvalue weighted by Gasteiger charge is 2.22. The van der Waals surface area contributed by atoms with E-state index in [2.05, 4.69) is 53.5 Å². The summed E-state index contributed by atoms with van der Waals surface area (Å²) in [5, 5.41) is 11.8. The molecule has 1 aliphatic heterocycles. The molecule has 0 unspecified atom stereocenters. The normalized spacial score (nSPS) is 11.6. The van der Waals surface area contributed by atoms with Crippen LogP contribution in [-0.4, -0.2) is 20.6 Å². The Hall–Kier alpha value is -1.96. The zero-order chi connectivity index (χ0) is 15.9. The van der Waals surface area contributed by atoms with Crippen molar-refractivity contribution in [1.29, 1.82) is 5.26 Å². The summed E-state index contributed by atoms with van der Waals surface area (Å²) in [6, 6.07) is 16.6. The van der Waals surface area contributed by atoms with Crippen molar-refractivity contribution in [3.05, 3.63) is 48.0 Å². The number of fused-ring (bicyclic) bond motifs is 2. The van der Waals surface area contributed by atoms with Gasteiger partial charge in [-0.25, -0.2) is 0 Å². The van der Waals surface area contributed by atoms with Crippen molar-refractivity contribution in [2.24, 2.45) is 0 Å². The number of hydrogen-bond acceptors (Lipinski definition) is 4. The highest BCUT2D eigenvalue weighted by molar-refractivity contribution is 7.99. The zero-order valence-corrected chi connectivity index (χ0v) is 14.1. The average Bonchev–Trinajstić information content (AvgIpc) is 2.55. The van der Waals surface area contributed by atoms with Crippen LogP contribution in [-0.2, 0) is 0 Å². The monoisotopic (exact) mass is 311 g/mol. The van der Waals surface area contributed by atoms with Gasteiger partial charge in [-0.2, -0.15) is 5.26 Å². The summed E-state index contributed by atoms with van der Waals surface area (Å²) in [7, 11) is 3.75. The first-order valence-electron chi connectivity index (χ1n) is 7.42. The van der Waals surface area contributed by atoms with Gasteiger partial charge < -0.3 is 10.2 Å². The van der Waals surface area contributed by atoms with Crippen LogP contribution in [0.4, 0.5) is 11.4 Å². The Kier molecular flexibility index (Phi) is 5.88. The third kappa shape index (κ3) is 3.44. The number of para-hydroxylation sites is 1. The predicted octanol–water partition coefficient (Wildman–Crippen LogP) is 4.41. The lowest BCUT2D eigenvalue weighted by Gasteiger charge is -2.32. The molecule has 3 rings (SSSR count). The van der Waals surface area contributed by atoms with E-state index in [1.54, 1.807) is 11.8 Å². The maximum Gasteiger partial charge on any atom is 0.0992 e. The first kappa shape index (κ1) is 16.4. The third-order valence-corrected chi connectivity index (χ3v) is 4.33. The maximum atomic E-state index is 9.08. The van der Waals surface area contributed by atoms with Gasteiger partial charge in [0.1, 0.15) is 0 Å². The van der Waals surface area contributed by atoms with E-state index < -0.39 is 0 Å². The first-order chi connectivity index (χ1) is 10.7. The minimum absolute atomic E-state index is 0.722. The lowest BCUT2D eigenvalue weighted by atomic mass is 10.1. The summed E-state index contributed by atoms with van der Waals surface area (Å²) < 4.78 is 0. The topological polar surface area (TPSA) is 39.1 Å². The molecule has 2 aromatic rings. The van der Waals surface area contributed by atoms with Crippen LogP contribution < -0.4 is 10.2 Å². The van der Waals surface area contributed by atoms with Crippen molar-refractivity contribution in [2.75, 3.05) is 25.5 Å². The molecule has 4 heteroatoms. The highest BCUT2D eigenvalue weighted by Crippen LogP contribution is 2.48. The van der Waals surface area contributed by atoms with E-state index in [1.165, 1.54) is 15.5 Å². The fraction of sp³-hybridized carbons (Fsp3) is 0.278. The van der Waals surface area contributed by atoms with Gasteiger partial charge in [-0.15, -0.1) is 0 Å². The molecule has 0 saturated heterocycles. The lowest BCUT2D eigenvalue weighted by Crippen LogP contribution is -2.21. The molecule has 114 valence electrons. The molecular formula is C18H21N3S. The fourth-order valence-corrected chi connectivity index (χ4v) is 3.44. The third-order valence-electron chi connectivity index (χ3n) is 3.20. The maximum absolute atomic E-state index is 9.08. The van der Waals surface area contributed by atoms with Crippen molar-refractivity contribution in [2.45, 2.75) is 23.1 Å². The second-order valence-electron chi connectivity index (χ2n) is 5.02. The Balaban J connectivity index is 0.000000545. The van der Waals surface area contributed by atoms with Gasteiger partial charge >= 0.3 is 0 Å². The van der Waals surface area contributed by atoms with E-state index in [0.717, 1.165) is 24.2 Å². The van der Waals surface area contributed by atoms with Crippen LogP contribution in [0.25, 0.3) is 0 Å². The quantitative estimate of drug-likeness (QED) is 0.892. The van der Waals surface area contributed by atoms with Gasteiger partial charge in [-0.1, -0.05) is 30.8 Å². The summed E-state index contributed by atoms with van der Waals surface area (Å²) in [5.74, 6) is 0. The summed E-state index contributed by atoms with van der Waals surface area (Å²) >= 11 is 1.78. The SMILES string of the molecule is CCCN1c2ccccc2Sc2ccc(C#N)cc21.CNC. The van der Waals surface area contributed by atoms with Gasteiger partial charge in [0, 0.05) is 16.3 Å². The standard InChI is InChI=1S/C16H14N2S.C2H7N/c1-2-9-18-13-5-3-4-6-15(13)19-16-8-7-12(11-17)10-14(16)18;1-3-2/h3-8,10H,2,9H2,1H3;3H,1-2H3. The molecule has 0 atom stereocenters. The van der Waals surface area contributed by atoms with Gasteiger partial charge in [0.15, 0.2) is 0 Å². The van der Waals surface area contributed by atoms with Crippen LogP contribution in [0.5, 0.6) is 0 Å². The Bertz CT molecular complexity index is 676. The lowest BCUT2D eigenvalue weighted by molar-refractivity contribution is 0.866. The smallest absolute Gasteiger partial charge is 0.0992 e. The number of nitrogens with one attached hydrogen (secondary N) is 1. The molecular weight excluding hydrogens is 290 g/mol. The molecule has 0 saturated carbocycles. The minimum atomic E-state index is 0.722. The van der Waals surface area contributed by atoms with Gasteiger partial charge in [0.05, 0.1) is 23.0 Å². The van der Waals surface area contributed by atoms with E-state index in [1.807, 2.05) is 26.2 Å². The Morgan fingerprint density at radius 1 is 1.09 bits per heavy atom. The van der Waals surface area contributed by atoms with Gasteiger partial charge in [0.2, 0.25) is 0 Å². The molecule has 1 N–H and O–H groups in total. The molecule has 1 aliphatic rings. The van der Waals surface area contributed by atoms with Crippen LogP contribution in [0, 0.1) is 11.3 Å². The molecule has 0 spiro atoms. The molecule has 2 aromatic carbocycles. The number of nitrogens with zero attached hydrogens (tertiary/aromatic N) is 2. The van der Waals surface area contributed by atoms with Crippen molar-refractivity contribution >= 4 is 23.1 Å². The summed E-state index contributed by atoms with van der Waals surface area (Å²) in [6.07, 6.45) is 1.08. The van der Waals surface area contributed by atoms with Gasteiger partial charge in [-0.05, 0) is 50.8 Å². The van der Waals surface area contributed by atoms with Crippen molar-refractivity contribution in [3.63, 3.8) is 0 Å². The van der Waals surface area contributed by atoms with E-state index in [-0.39, 0.29) is 0 Å². The van der Waals surface area contributed by atoms with Gasteiger partial charge in [-0.3, -0.25) is 0 Å². The minimum Gasteiger partial charge on any atom is -0.340 e. The molecule has 3 nitrogen and oxygen atoms in total. The Morgan fingerprint density at radius 3 is 2.45 bits per heavy atom. The van der Waals surface area contributed by atoms with Crippen LogP contribution in [0.15, 0.2) is 52.3 Å². The second kappa shape index (κ2) is 7.88. The van der Waals surface area contributed by atoms with Crippen LogP contribution in [0.3, 0.4) is 0 Å². The fourth-order valence-electron chi connectivity index (χ4n) is 2.36. The van der Waals surface area contributed by atoms with E-state index in [0.29, 0.717) is 0 Å². The van der Waals surface area contributed by atoms with Gasteiger partial charge in [0.25, 0.3) is 0 Å². The molecule has 0 aromatic heterocycles. The number of rotatable bonds is 2. The summed E-state index contributed by atoms with van der Waals surface area (Å²) in [5.41, 5.74) is 3.13. The first-order valence-corrected chi connectivity index (χ1v) is 8.23. The molecule has 0 bridgehead atoms. The van der Waals surface area contributed by atoms with E-state index in [9.17, 15) is 0 Å². The molecule has 0 amide bonds. The molecule has 0 aliphatic carbocycles. The van der Waals surface area contributed by atoms with Crippen LogP contribution >= 0.6 is 11.8 Å². The molecule has 22 heavy (non-hydrogen) atoms. The average molecular weight is 311 g/mol. The summed E-state index contributed by atoms with van der Waals surface area (Å²) in [4.78, 5) is 4.83. The summed E-state index contributed by atoms with van der Waals surface area (Å²) in [6.45, 7) is 3.15.